The molecule has 0 aliphatic carbocycles. The number of carbonyl (C=O) groups excluding carboxylic acids is 2. The maximum Gasteiger partial charge on any atom is 0.432 e. The zero-order chi connectivity index (χ0) is 23.8. The number of anilines is 1. The van der Waals surface area contributed by atoms with Gasteiger partial charge < -0.3 is 9.88 Å². The number of fused-ring (bicyclic) bond motifs is 1. The monoisotopic (exact) mass is 491 g/mol. The molecule has 5 nitrogen and oxygen atoms in total. The lowest BCUT2D eigenvalue weighted by Crippen LogP contribution is -2.26. The second kappa shape index (κ2) is 8.88. The first kappa shape index (κ1) is 22.8. The molecule has 0 bridgehead atoms. The first-order valence-corrected chi connectivity index (χ1v) is 10.3. The van der Waals surface area contributed by atoms with Gasteiger partial charge in [0.1, 0.15) is 5.69 Å². The molecule has 33 heavy (non-hydrogen) atoms. The average molecular weight is 492 g/mol. The standard InChI is InChI=1S/C23H14Cl2F3N3O2/c24-14-3-1-13(2-4-14)12-31-18-6-5-15(25)11-17(18)19(21(31)23(26,27)28)20(32)22(33)30-16-7-9-29-10-8-16/h1-11H,12H2,(H,29,30,33). The van der Waals surface area contributed by atoms with Gasteiger partial charge in [-0.3, -0.25) is 14.6 Å². The van der Waals surface area contributed by atoms with Gasteiger partial charge in [0.2, 0.25) is 0 Å². The summed E-state index contributed by atoms with van der Waals surface area (Å²) in [5.74, 6) is -2.54. The number of aromatic nitrogens is 2. The van der Waals surface area contributed by atoms with Gasteiger partial charge in [-0.15, -0.1) is 0 Å². The number of hydrogen-bond donors (Lipinski definition) is 1. The second-order valence-corrected chi connectivity index (χ2v) is 7.99. The predicted molar refractivity (Wildman–Crippen MR) is 120 cm³/mol. The molecule has 2 aromatic carbocycles. The van der Waals surface area contributed by atoms with Crippen LogP contribution in [0.4, 0.5) is 18.9 Å². The summed E-state index contributed by atoms with van der Waals surface area (Å²) in [5, 5.41) is 2.80. The molecule has 0 saturated heterocycles. The summed E-state index contributed by atoms with van der Waals surface area (Å²) in [6.45, 7) is -0.205. The van der Waals surface area contributed by atoms with Gasteiger partial charge in [-0.2, -0.15) is 13.2 Å². The number of halogens is 5. The highest BCUT2D eigenvalue weighted by atomic mass is 35.5. The zero-order valence-electron chi connectivity index (χ0n) is 16.7. The number of amides is 1. The number of nitrogens with zero attached hydrogens (tertiary/aromatic N) is 2. The van der Waals surface area contributed by atoms with Crippen LogP contribution in [0.5, 0.6) is 0 Å². The Balaban J connectivity index is 1.89. The van der Waals surface area contributed by atoms with E-state index in [4.69, 9.17) is 23.2 Å². The van der Waals surface area contributed by atoms with Crippen LogP contribution in [0.3, 0.4) is 0 Å². The number of nitrogens with one attached hydrogen (secondary N) is 1. The third-order valence-corrected chi connectivity index (χ3v) is 5.41. The van der Waals surface area contributed by atoms with Gasteiger partial charge in [0, 0.05) is 45.6 Å². The van der Waals surface area contributed by atoms with Crippen molar-refractivity contribution in [1.82, 2.24) is 9.55 Å². The summed E-state index contributed by atoms with van der Waals surface area (Å²) in [5.41, 5.74) is -1.14. The van der Waals surface area contributed by atoms with Crippen LogP contribution in [0, 0.1) is 0 Å². The van der Waals surface area contributed by atoms with Crippen molar-refractivity contribution in [2.24, 2.45) is 0 Å². The first-order valence-electron chi connectivity index (χ1n) is 9.54. The number of alkyl halides is 3. The molecule has 1 amide bonds. The fourth-order valence-corrected chi connectivity index (χ4v) is 3.82. The van der Waals surface area contributed by atoms with E-state index >= 15 is 0 Å². The van der Waals surface area contributed by atoms with Crippen LogP contribution >= 0.6 is 23.2 Å². The van der Waals surface area contributed by atoms with Crippen LogP contribution in [0.25, 0.3) is 10.9 Å². The van der Waals surface area contributed by atoms with E-state index in [1.54, 1.807) is 24.3 Å². The van der Waals surface area contributed by atoms with E-state index in [1.807, 2.05) is 0 Å². The Hall–Kier alpha value is -3.36. The number of ketones is 1. The molecule has 0 aliphatic heterocycles. The highest BCUT2D eigenvalue weighted by Crippen LogP contribution is 2.40. The van der Waals surface area contributed by atoms with Gasteiger partial charge in [0.15, 0.2) is 0 Å². The van der Waals surface area contributed by atoms with Crippen LogP contribution < -0.4 is 5.32 Å². The molecule has 0 aliphatic rings. The van der Waals surface area contributed by atoms with Gasteiger partial charge in [-0.1, -0.05) is 35.3 Å². The van der Waals surface area contributed by atoms with Crippen molar-refractivity contribution in [2.75, 3.05) is 5.32 Å². The molecule has 4 aromatic rings. The largest absolute Gasteiger partial charge is 0.432 e. The summed E-state index contributed by atoms with van der Waals surface area (Å²) in [4.78, 5) is 29.5. The van der Waals surface area contributed by atoms with Crippen LogP contribution in [-0.4, -0.2) is 21.2 Å². The van der Waals surface area contributed by atoms with Crippen molar-refractivity contribution < 1.29 is 22.8 Å². The second-order valence-electron chi connectivity index (χ2n) is 7.11. The Kier molecular flexibility index (Phi) is 6.14. The van der Waals surface area contributed by atoms with Gasteiger partial charge in [0.05, 0.1) is 5.56 Å². The average Bonchev–Trinajstić information content (AvgIpc) is 3.09. The predicted octanol–water partition coefficient (Wildman–Crippen LogP) is 6.23. The lowest BCUT2D eigenvalue weighted by molar-refractivity contribution is -0.143. The van der Waals surface area contributed by atoms with Crippen molar-refractivity contribution in [2.45, 2.75) is 12.7 Å². The minimum atomic E-state index is -4.93. The lowest BCUT2D eigenvalue weighted by Gasteiger charge is -2.15. The Labute approximate surface area is 195 Å². The van der Waals surface area contributed by atoms with Gasteiger partial charge in [-0.25, -0.2) is 0 Å². The van der Waals surface area contributed by atoms with E-state index in [2.05, 4.69) is 10.3 Å². The summed E-state index contributed by atoms with van der Waals surface area (Å²) < 4.78 is 43.9. The normalized spacial score (nSPS) is 11.5. The van der Waals surface area contributed by atoms with E-state index in [0.717, 1.165) is 4.57 Å². The molecule has 2 aromatic heterocycles. The maximum atomic E-state index is 14.3. The summed E-state index contributed by atoms with van der Waals surface area (Å²) in [6.07, 6.45) is -2.18. The SMILES string of the molecule is O=C(Nc1ccncc1)C(=O)c1c(C(F)(F)F)n(Cc2ccc(Cl)cc2)c2ccc(Cl)cc12. The molecule has 0 fully saturated rings. The fourth-order valence-electron chi connectivity index (χ4n) is 3.52. The Morgan fingerprint density at radius 2 is 1.58 bits per heavy atom. The zero-order valence-corrected chi connectivity index (χ0v) is 18.2. The molecule has 10 heteroatoms. The Bertz CT molecular complexity index is 1350. The number of carbonyl (C=O) groups is 2. The highest BCUT2D eigenvalue weighted by Gasteiger charge is 2.42. The molecule has 0 unspecified atom stereocenters. The molecule has 0 saturated carbocycles. The van der Waals surface area contributed by atoms with Crippen molar-refractivity contribution in [3.05, 3.63) is 93.9 Å². The molecule has 4 rings (SSSR count). The highest BCUT2D eigenvalue weighted by molar-refractivity contribution is 6.49. The number of Topliss-reactive ketones (excluding diaryl/α,β-unsaturated/α-hetero) is 1. The van der Waals surface area contributed by atoms with E-state index in [1.165, 1.54) is 42.7 Å². The topological polar surface area (TPSA) is 64.0 Å². The molecule has 0 spiro atoms. The lowest BCUT2D eigenvalue weighted by atomic mass is 10.1. The van der Waals surface area contributed by atoms with Crippen LogP contribution in [-0.2, 0) is 17.5 Å². The van der Waals surface area contributed by atoms with E-state index in [9.17, 15) is 22.8 Å². The van der Waals surface area contributed by atoms with Crippen molar-refractivity contribution in [3.8, 4) is 0 Å². The van der Waals surface area contributed by atoms with Crippen molar-refractivity contribution >= 4 is 51.5 Å². The van der Waals surface area contributed by atoms with E-state index in [0.29, 0.717) is 10.6 Å². The molecule has 2 heterocycles. The van der Waals surface area contributed by atoms with Gasteiger partial charge in [-0.05, 0) is 48.0 Å². The number of rotatable bonds is 5. The molecule has 1 N–H and O–H groups in total. The third-order valence-electron chi connectivity index (χ3n) is 4.92. The van der Waals surface area contributed by atoms with Gasteiger partial charge in [0.25, 0.3) is 11.7 Å². The van der Waals surface area contributed by atoms with Crippen LogP contribution in [0.2, 0.25) is 10.0 Å². The molecular formula is C23H14Cl2F3N3O2. The van der Waals surface area contributed by atoms with Crippen molar-refractivity contribution in [1.29, 1.82) is 0 Å². The maximum absolute atomic E-state index is 14.3. The van der Waals surface area contributed by atoms with E-state index in [-0.39, 0.29) is 28.2 Å². The molecule has 168 valence electrons. The number of hydrogen-bond acceptors (Lipinski definition) is 3. The molecule has 0 atom stereocenters. The minimum absolute atomic E-state index is 0.0707. The van der Waals surface area contributed by atoms with E-state index < -0.39 is 29.1 Å². The number of benzene rings is 2. The minimum Gasteiger partial charge on any atom is -0.332 e. The fraction of sp³-hybridized carbons (Fsp3) is 0.0870. The smallest absolute Gasteiger partial charge is 0.332 e. The van der Waals surface area contributed by atoms with Gasteiger partial charge >= 0.3 is 6.18 Å². The summed E-state index contributed by atoms with van der Waals surface area (Å²) >= 11 is 11.9. The molecule has 0 radical (unpaired) electrons. The Morgan fingerprint density at radius 3 is 2.21 bits per heavy atom. The summed E-state index contributed by atoms with van der Waals surface area (Å²) in [7, 11) is 0. The van der Waals surface area contributed by atoms with Crippen LogP contribution in [0.1, 0.15) is 21.6 Å². The summed E-state index contributed by atoms with van der Waals surface area (Å²) in [6, 6.07) is 13.2. The van der Waals surface area contributed by atoms with Crippen molar-refractivity contribution in [3.63, 3.8) is 0 Å². The quantitative estimate of drug-likeness (QED) is 0.265. The number of pyridine rings is 1. The Morgan fingerprint density at radius 1 is 0.939 bits per heavy atom. The van der Waals surface area contributed by atoms with Crippen LogP contribution in [0.15, 0.2) is 67.0 Å². The first-order chi connectivity index (χ1) is 15.6. The molecular weight excluding hydrogens is 478 g/mol. The third kappa shape index (κ3) is 4.72.